The van der Waals surface area contributed by atoms with Crippen molar-refractivity contribution in [1.82, 2.24) is 0 Å². The fourth-order valence-corrected chi connectivity index (χ4v) is 2.35. The Balaban J connectivity index is 2.15. The normalized spacial score (nSPS) is 21.9. The Kier molecular flexibility index (Phi) is 3.64. The third kappa shape index (κ3) is 2.76. The van der Waals surface area contributed by atoms with Gasteiger partial charge in [-0.25, -0.2) is 4.39 Å². The lowest BCUT2D eigenvalue weighted by atomic mass is 10.0. The fourth-order valence-electron chi connectivity index (χ4n) is 2.35. The van der Waals surface area contributed by atoms with E-state index in [0.717, 1.165) is 30.8 Å². The maximum absolute atomic E-state index is 13.4. The van der Waals surface area contributed by atoms with Crippen LogP contribution in [0.3, 0.4) is 0 Å². The van der Waals surface area contributed by atoms with Crippen LogP contribution in [0.25, 0.3) is 0 Å². The Morgan fingerprint density at radius 3 is 2.88 bits per heavy atom. The first-order valence-corrected chi connectivity index (χ1v) is 6.02. The molecule has 0 amide bonds. The standard InChI is InChI=1S/C13H19FN2O/c1-9(17)11-2-3-16(8-11)13-5-10(7-15)4-12(14)6-13/h4-6,9,11,17H,2-3,7-8,15H2,1H3. The molecular weight excluding hydrogens is 219 g/mol. The van der Waals surface area contributed by atoms with Crippen LogP contribution in [0.2, 0.25) is 0 Å². The van der Waals surface area contributed by atoms with Crippen LogP contribution in [0.15, 0.2) is 18.2 Å². The molecule has 0 radical (unpaired) electrons. The average molecular weight is 238 g/mol. The van der Waals surface area contributed by atoms with Crippen LogP contribution in [-0.4, -0.2) is 24.3 Å². The molecule has 4 heteroatoms. The first-order valence-electron chi connectivity index (χ1n) is 6.02. The van der Waals surface area contributed by atoms with Gasteiger partial charge in [0.25, 0.3) is 0 Å². The zero-order valence-electron chi connectivity index (χ0n) is 10.1. The molecule has 1 aromatic carbocycles. The van der Waals surface area contributed by atoms with Crippen molar-refractivity contribution in [1.29, 1.82) is 0 Å². The maximum Gasteiger partial charge on any atom is 0.125 e. The van der Waals surface area contributed by atoms with Gasteiger partial charge >= 0.3 is 0 Å². The lowest BCUT2D eigenvalue weighted by Crippen LogP contribution is -2.24. The van der Waals surface area contributed by atoms with E-state index >= 15 is 0 Å². The molecule has 0 aliphatic carbocycles. The van der Waals surface area contributed by atoms with Crippen LogP contribution in [-0.2, 0) is 6.54 Å². The molecular formula is C13H19FN2O. The van der Waals surface area contributed by atoms with Crippen LogP contribution in [0, 0.1) is 11.7 Å². The summed E-state index contributed by atoms with van der Waals surface area (Å²) < 4.78 is 13.4. The molecule has 3 N–H and O–H groups in total. The lowest BCUT2D eigenvalue weighted by Gasteiger charge is -2.20. The summed E-state index contributed by atoms with van der Waals surface area (Å²) in [5, 5.41) is 9.55. The molecule has 1 aliphatic rings. The van der Waals surface area contributed by atoms with Crippen molar-refractivity contribution in [2.45, 2.75) is 26.0 Å². The highest BCUT2D eigenvalue weighted by Gasteiger charge is 2.26. The van der Waals surface area contributed by atoms with E-state index in [1.165, 1.54) is 12.1 Å². The lowest BCUT2D eigenvalue weighted by molar-refractivity contribution is 0.136. The van der Waals surface area contributed by atoms with E-state index in [1.807, 2.05) is 13.0 Å². The number of hydrogen-bond acceptors (Lipinski definition) is 3. The summed E-state index contributed by atoms with van der Waals surface area (Å²) in [7, 11) is 0. The zero-order chi connectivity index (χ0) is 12.4. The summed E-state index contributed by atoms with van der Waals surface area (Å²) in [5.41, 5.74) is 7.21. The number of nitrogens with zero attached hydrogens (tertiary/aromatic N) is 1. The van der Waals surface area contributed by atoms with E-state index in [0.29, 0.717) is 6.54 Å². The van der Waals surface area contributed by atoms with Crippen molar-refractivity contribution < 1.29 is 9.50 Å². The molecule has 3 nitrogen and oxygen atoms in total. The molecule has 0 bridgehead atoms. The van der Waals surface area contributed by atoms with Gasteiger partial charge in [0, 0.05) is 31.2 Å². The molecule has 0 saturated carbocycles. The number of rotatable bonds is 3. The first kappa shape index (κ1) is 12.3. The van der Waals surface area contributed by atoms with Gasteiger partial charge in [0.05, 0.1) is 6.10 Å². The van der Waals surface area contributed by atoms with Crippen LogP contribution in [0.4, 0.5) is 10.1 Å². The van der Waals surface area contributed by atoms with Gasteiger partial charge in [0.15, 0.2) is 0 Å². The van der Waals surface area contributed by atoms with Gasteiger partial charge in [0.2, 0.25) is 0 Å². The van der Waals surface area contributed by atoms with Gasteiger partial charge in [-0.2, -0.15) is 0 Å². The first-order chi connectivity index (χ1) is 8.10. The molecule has 2 rings (SSSR count). The molecule has 17 heavy (non-hydrogen) atoms. The van der Waals surface area contributed by atoms with Gasteiger partial charge in [0.1, 0.15) is 5.82 Å². The number of hydrogen-bond donors (Lipinski definition) is 2. The second kappa shape index (κ2) is 5.02. The number of aliphatic hydroxyl groups is 1. The summed E-state index contributed by atoms with van der Waals surface area (Å²) >= 11 is 0. The largest absolute Gasteiger partial charge is 0.393 e. The molecule has 94 valence electrons. The van der Waals surface area contributed by atoms with E-state index in [4.69, 9.17) is 5.73 Å². The van der Waals surface area contributed by atoms with Crippen LogP contribution < -0.4 is 10.6 Å². The number of halogens is 1. The second-order valence-corrected chi connectivity index (χ2v) is 4.76. The highest BCUT2D eigenvalue weighted by atomic mass is 19.1. The van der Waals surface area contributed by atoms with Crippen molar-refractivity contribution in [3.8, 4) is 0 Å². The number of benzene rings is 1. The topological polar surface area (TPSA) is 49.5 Å². The Morgan fingerprint density at radius 2 is 2.29 bits per heavy atom. The predicted octanol–water partition coefficient (Wildman–Crippen LogP) is 1.49. The zero-order valence-corrected chi connectivity index (χ0v) is 10.1. The molecule has 2 atom stereocenters. The number of aliphatic hydroxyl groups excluding tert-OH is 1. The van der Waals surface area contributed by atoms with E-state index < -0.39 is 0 Å². The molecule has 1 heterocycles. The highest BCUT2D eigenvalue weighted by Crippen LogP contribution is 2.27. The molecule has 0 aromatic heterocycles. The molecule has 1 aromatic rings. The predicted molar refractivity (Wildman–Crippen MR) is 66.3 cm³/mol. The monoisotopic (exact) mass is 238 g/mol. The van der Waals surface area contributed by atoms with Crippen molar-refractivity contribution in [2.24, 2.45) is 11.7 Å². The molecule has 1 fully saturated rings. The Labute approximate surface area is 101 Å². The van der Waals surface area contributed by atoms with E-state index in [9.17, 15) is 9.50 Å². The van der Waals surface area contributed by atoms with Gasteiger partial charge < -0.3 is 15.7 Å². The van der Waals surface area contributed by atoms with Crippen molar-refractivity contribution in [3.63, 3.8) is 0 Å². The summed E-state index contributed by atoms with van der Waals surface area (Å²) in [6, 6.07) is 4.92. The third-order valence-electron chi connectivity index (χ3n) is 3.45. The van der Waals surface area contributed by atoms with Crippen molar-refractivity contribution >= 4 is 5.69 Å². The van der Waals surface area contributed by atoms with E-state index in [-0.39, 0.29) is 17.8 Å². The molecule has 2 unspecified atom stereocenters. The fraction of sp³-hybridized carbons (Fsp3) is 0.538. The molecule has 0 spiro atoms. The SMILES string of the molecule is CC(O)C1CCN(c2cc(F)cc(CN)c2)C1. The van der Waals surface area contributed by atoms with Gasteiger partial charge in [-0.05, 0) is 37.1 Å². The quantitative estimate of drug-likeness (QED) is 0.839. The summed E-state index contributed by atoms with van der Waals surface area (Å²) in [5.74, 6) is 0.0306. The minimum absolute atomic E-state index is 0.247. The summed E-state index contributed by atoms with van der Waals surface area (Å²) in [6.07, 6.45) is 0.647. The van der Waals surface area contributed by atoms with Crippen LogP contribution in [0.1, 0.15) is 18.9 Å². The minimum atomic E-state index is -0.303. The van der Waals surface area contributed by atoms with Crippen molar-refractivity contribution in [3.05, 3.63) is 29.6 Å². The average Bonchev–Trinajstić information content (AvgIpc) is 2.77. The second-order valence-electron chi connectivity index (χ2n) is 4.76. The Hall–Kier alpha value is -1.13. The van der Waals surface area contributed by atoms with E-state index in [2.05, 4.69) is 4.90 Å². The number of anilines is 1. The Bertz CT molecular complexity index is 395. The summed E-state index contributed by atoms with van der Waals surface area (Å²) in [4.78, 5) is 2.11. The third-order valence-corrected chi connectivity index (χ3v) is 3.45. The van der Waals surface area contributed by atoms with Gasteiger partial charge in [-0.1, -0.05) is 0 Å². The van der Waals surface area contributed by atoms with Crippen molar-refractivity contribution in [2.75, 3.05) is 18.0 Å². The van der Waals surface area contributed by atoms with Gasteiger partial charge in [-0.15, -0.1) is 0 Å². The van der Waals surface area contributed by atoms with Gasteiger partial charge in [-0.3, -0.25) is 0 Å². The smallest absolute Gasteiger partial charge is 0.125 e. The van der Waals surface area contributed by atoms with Crippen LogP contribution >= 0.6 is 0 Å². The summed E-state index contributed by atoms with van der Waals surface area (Å²) in [6.45, 7) is 3.80. The Morgan fingerprint density at radius 1 is 1.53 bits per heavy atom. The highest BCUT2D eigenvalue weighted by molar-refractivity contribution is 5.50. The molecule has 1 aliphatic heterocycles. The number of nitrogens with two attached hydrogens (primary N) is 1. The van der Waals surface area contributed by atoms with Crippen LogP contribution in [0.5, 0.6) is 0 Å². The minimum Gasteiger partial charge on any atom is -0.393 e. The maximum atomic E-state index is 13.4. The van der Waals surface area contributed by atoms with E-state index in [1.54, 1.807) is 0 Å². The molecule has 1 saturated heterocycles.